The Bertz CT molecular complexity index is 935. The van der Waals surface area contributed by atoms with Crippen molar-refractivity contribution in [3.05, 3.63) is 0 Å². The molecule has 0 spiro atoms. The molecular formula is C44H78. The van der Waals surface area contributed by atoms with Crippen LogP contribution in [0.2, 0.25) is 0 Å². The molecule has 0 bridgehead atoms. The molecule has 0 saturated heterocycles. The molecule has 0 N–H and O–H groups in total. The predicted octanol–water partition coefficient (Wildman–Crippen LogP) is 13.3. The zero-order chi connectivity index (χ0) is 32.0. The lowest BCUT2D eigenvalue weighted by molar-refractivity contribution is 0.00766. The van der Waals surface area contributed by atoms with Crippen LogP contribution >= 0.6 is 0 Å². The molecule has 0 aromatic heterocycles. The van der Waals surface area contributed by atoms with Gasteiger partial charge in [-0.2, -0.15) is 0 Å². The minimum Gasteiger partial charge on any atom is -0.0599 e. The van der Waals surface area contributed by atoms with Gasteiger partial charge in [0.15, 0.2) is 0 Å². The number of hydrogen-bond donors (Lipinski definition) is 0. The van der Waals surface area contributed by atoms with Crippen molar-refractivity contribution in [2.45, 2.75) is 173 Å². The van der Waals surface area contributed by atoms with Crippen molar-refractivity contribution in [1.29, 1.82) is 0 Å². The van der Waals surface area contributed by atoms with Gasteiger partial charge in [-0.05, 0) is 194 Å². The molecule has 0 heterocycles. The van der Waals surface area contributed by atoms with E-state index in [-0.39, 0.29) is 0 Å². The maximum atomic E-state index is 2.62. The third-order valence-corrected chi connectivity index (χ3v) is 16.8. The lowest BCUT2D eigenvalue weighted by Gasteiger charge is -2.48. The molecule has 6 aliphatic carbocycles. The summed E-state index contributed by atoms with van der Waals surface area (Å²) in [5, 5.41) is 0. The molecule has 6 rings (SSSR count). The molecule has 6 unspecified atom stereocenters. The smallest absolute Gasteiger partial charge is 0.0334 e. The maximum absolute atomic E-state index is 2.62. The molecule has 0 aromatic rings. The monoisotopic (exact) mass is 607 g/mol. The van der Waals surface area contributed by atoms with E-state index in [0.29, 0.717) is 21.7 Å². The summed E-state index contributed by atoms with van der Waals surface area (Å²) in [6, 6.07) is 0. The van der Waals surface area contributed by atoms with Gasteiger partial charge in [0.05, 0.1) is 0 Å². The Hall–Kier alpha value is 0. The first-order valence-corrected chi connectivity index (χ1v) is 20.3. The van der Waals surface area contributed by atoms with E-state index in [1.54, 1.807) is 64.2 Å². The van der Waals surface area contributed by atoms with Crippen LogP contribution in [0.3, 0.4) is 0 Å². The summed E-state index contributed by atoms with van der Waals surface area (Å²) < 4.78 is 0. The molecule has 0 amide bonds. The highest BCUT2D eigenvalue weighted by atomic mass is 14.6. The molecule has 6 aliphatic rings. The van der Waals surface area contributed by atoms with Crippen molar-refractivity contribution in [2.75, 3.05) is 0 Å². The van der Waals surface area contributed by atoms with Crippen LogP contribution in [0.25, 0.3) is 0 Å². The van der Waals surface area contributed by atoms with Gasteiger partial charge >= 0.3 is 0 Å². The summed E-state index contributed by atoms with van der Waals surface area (Å²) in [5.74, 6) is 14.2. The second kappa shape index (κ2) is 11.9. The third kappa shape index (κ3) is 6.40. The van der Waals surface area contributed by atoms with Crippen LogP contribution in [0.15, 0.2) is 0 Å². The average molecular weight is 607 g/mol. The van der Waals surface area contributed by atoms with Gasteiger partial charge in [0.2, 0.25) is 0 Å². The van der Waals surface area contributed by atoms with Gasteiger partial charge in [-0.15, -0.1) is 0 Å². The van der Waals surface area contributed by atoms with Crippen LogP contribution in [-0.2, 0) is 0 Å². The average Bonchev–Trinajstić information content (AvgIpc) is 3.44. The van der Waals surface area contributed by atoms with E-state index in [2.05, 4.69) is 83.1 Å². The molecule has 6 fully saturated rings. The summed E-state index contributed by atoms with van der Waals surface area (Å²) in [5.41, 5.74) is 1.92. The number of fused-ring (bicyclic) bond motifs is 6. The topological polar surface area (TPSA) is 0 Å². The highest BCUT2D eigenvalue weighted by Gasteiger charge is 2.57. The van der Waals surface area contributed by atoms with E-state index in [1.807, 2.05) is 0 Å². The molecule has 0 heteroatoms. The van der Waals surface area contributed by atoms with Crippen molar-refractivity contribution in [2.24, 2.45) is 105 Å². The van der Waals surface area contributed by atoms with E-state index >= 15 is 0 Å². The van der Waals surface area contributed by atoms with E-state index < -0.39 is 0 Å². The van der Waals surface area contributed by atoms with Crippen LogP contribution in [0, 0.1) is 105 Å². The molecule has 0 nitrogen and oxygen atoms in total. The molecule has 0 aromatic carbocycles. The lowest BCUT2D eigenvalue weighted by Crippen LogP contribution is -2.41. The summed E-state index contributed by atoms with van der Waals surface area (Å²) >= 11 is 0. The van der Waals surface area contributed by atoms with Crippen molar-refractivity contribution in [1.82, 2.24) is 0 Å². The number of rotatable bonds is 3. The van der Waals surface area contributed by atoms with E-state index in [1.165, 1.54) is 25.7 Å². The molecule has 6 saturated carbocycles. The van der Waals surface area contributed by atoms with Crippen LogP contribution in [0.5, 0.6) is 0 Å². The second-order valence-corrected chi connectivity index (χ2v) is 22.7. The van der Waals surface area contributed by atoms with Gasteiger partial charge in [0.1, 0.15) is 0 Å². The standard InChI is InChI=1S/C44H78/c1-41(2,3)28-13-16-31-27(23-28)24-37-32(31)21-22-40(44(10,11)12)36(37)20-19-35-38-25-29(42(4,5)6)14-17-33(38)34-18-15-30(26-39(34)35)43(7,8)9/h27-40H,13-26H2,1-12H3/t27-,28?,29+,30?,31-,32?,33?,34+,35?,36-,37?,38-,39+,40+/m0/s1. The van der Waals surface area contributed by atoms with E-state index in [9.17, 15) is 0 Å². The minimum atomic E-state index is 0.461. The van der Waals surface area contributed by atoms with Gasteiger partial charge in [-0.1, -0.05) is 83.1 Å². The first-order valence-electron chi connectivity index (χ1n) is 20.3. The Balaban J connectivity index is 1.25. The molecular weight excluding hydrogens is 528 g/mol. The molecule has 0 radical (unpaired) electrons. The van der Waals surface area contributed by atoms with Crippen LogP contribution < -0.4 is 0 Å². The SMILES string of the molecule is CC(C)(C)C1CC[C@@H]2C3CC[C@@H](C(C)(C)C)[C@@H](CCC4[C@H]5C[C@H](C(C)(C)C)CCC5[C@H]5CCC(C(C)(C)C)C[C@@H]45)C3C[C@@H]2C1. The fourth-order valence-electron chi connectivity index (χ4n) is 14.3. The summed E-state index contributed by atoms with van der Waals surface area (Å²) in [4.78, 5) is 0. The maximum Gasteiger partial charge on any atom is -0.0334 e. The molecule has 0 aliphatic heterocycles. The van der Waals surface area contributed by atoms with Crippen molar-refractivity contribution in [3.8, 4) is 0 Å². The Morgan fingerprint density at radius 1 is 0.341 bits per heavy atom. The van der Waals surface area contributed by atoms with Gasteiger partial charge in [-0.3, -0.25) is 0 Å². The van der Waals surface area contributed by atoms with Gasteiger partial charge in [0.25, 0.3) is 0 Å². The summed E-state index contributed by atoms with van der Waals surface area (Å²) in [6.45, 7) is 30.8. The Morgan fingerprint density at radius 2 is 0.727 bits per heavy atom. The molecule has 14 atom stereocenters. The fraction of sp³-hybridized carbons (Fsp3) is 1.00. The van der Waals surface area contributed by atoms with Crippen molar-refractivity contribution in [3.63, 3.8) is 0 Å². The first-order chi connectivity index (χ1) is 20.3. The lowest BCUT2D eigenvalue weighted by atomic mass is 9.57. The highest BCUT2D eigenvalue weighted by molar-refractivity contribution is 5.06. The number of hydrogen-bond acceptors (Lipinski definition) is 0. The van der Waals surface area contributed by atoms with Crippen molar-refractivity contribution >= 4 is 0 Å². The normalized spacial score (nSPS) is 46.6. The Kier molecular flexibility index (Phi) is 9.13. The van der Waals surface area contributed by atoms with Gasteiger partial charge in [0, 0.05) is 0 Å². The molecule has 44 heavy (non-hydrogen) atoms. The first kappa shape index (κ1) is 33.9. The zero-order valence-electron chi connectivity index (χ0n) is 32.0. The van der Waals surface area contributed by atoms with Crippen LogP contribution in [0.1, 0.15) is 173 Å². The van der Waals surface area contributed by atoms with Crippen molar-refractivity contribution < 1.29 is 0 Å². The van der Waals surface area contributed by atoms with Gasteiger partial charge < -0.3 is 0 Å². The van der Waals surface area contributed by atoms with E-state index in [4.69, 9.17) is 0 Å². The molecule has 254 valence electrons. The zero-order valence-corrected chi connectivity index (χ0v) is 32.0. The fourth-order valence-corrected chi connectivity index (χ4v) is 14.3. The Labute approximate surface area is 276 Å². The van der Waals surface area contributed by atoms with E-state index in [0.717, 1.165) is 82.9 Å². The highest BCUT2D eigenvalue weighted by Crippen LogP contribution is 2.65. The van der Waals surface area contributed by atoms with Gasteiger partial charge in [-0.25, -0.2) is 0 Å². The summed E-state index contributed by atoms with van der Waals surface area (Å²) in [7, 11) is 0. The third-order valence-electron chi connectivity index (χ3n) is 16.8. The van der Waals surface area contributed by atoms with Crippen LogP contribution in [-0.4, -0.2) is 0 Å². The minimum absolute atomic E-state index is 0.461. The Morgan fingerprint density at radius 3 is 1.20 bits per heavy atom. The quantitative estimate of drug-likeness (QED) is 0.300. The largest absolute Gasteiger partial charge is 0.0599 e. The summed E-state index contributed by atoms with van der Waals surface area (Å²) in [6.07, 6.45) is 21.7. The second-order valence-electron chi connectivity index (χ2n) is 22.7. The predicted molar refractivity (Wildman–Crippen MR) is 191 cm³/mol. The van der Waals surface area contributed by atoms with Crippen LogP contribution in [0.4, 0.5) is 0 Å².